The number of allylic oxidation sites excluding steroid dienone is 4. The van der Waals surface area contributed by atoms with Crippen LogP contribution in [0.4, 0.5) is 0 Å². The Bertz CT molecular complexity index is 180. The fourth-order valence-electron chi connectivity index (χ4n) is 0.616. The van der Waals surface area contributed by atoms with Crippen LogP contribution in [0.2, 0.25) is 0 Å². The van der Waals surface area contributed by atoms with E-state index in [-0.39, 0.29) is 5.78 Å². The van der Waals surface area contributed by atoms with Gasteiger partial charge >= 0.3 is 0 Å². The highest BCUT2D eigenvalue weighted by Crippen LogP contribution is 2.00. The Balaban J connectivity index is 4.00. The molecule has 0 N–H and O–H groups in total. The maximum Gasteiger partial charge on any atom is 0.159 e. The molecule has 0 rings (SSSR count). The van der Waals surface area contributed by atoms with Crippen LogP contribution in [0.5, 0.6) is 0 Å². The van der Waals surface area contributed by atoms with Gasteiger partial charge in [-0.15, -0.1) is 11.6 Å². The molecule has 0 radical (unpaired) electrons. The van der Waals surface area contributed by atoms with Crippen molar-refractivity contribution in [2.24, 2.45) is 0 Å². The van der Waals surface area contributed by atoms with Crippen LogP contribution in [0.3, 0.4) is 0 Å². The summed E-state index contributed by atoms with van der Waals surface area (Å²) in [6.45, 7) is 3.71. The molecule has 0 heterocycles. The predicted molar refractivity (Wildman–Crippen MR) is 48.9 cm³/mol. The van der Waals surface area contributed by atoms with E-state index in [9.17, 15) is 4.79 Å². The second kappa shape index (κ2) is 6.17. The van der Waals surface area contributed by atoms with Crippen LogP contribution in [0, 0.1) is 0 Å². The minimum absolute atomic E-state index is 0.123. The average Bonchev–Trinajstić information content (AvgIpc) is 2.00. The van der Waals surface area contributed by atoms with Crippen molar-refractivity contribution in [3.63, 3.8) is 0 Å². The lowest BCUT2D eigenvalue weighted by Gasteiger charge is -1.94. The number of halogens is 1. The number of alkyl halides is 1. The lowest BCUT2D eigenvalue weighted by molar-refractivity contribution is -0.115. The number of Topliss-reactive ketones (excluding diaryl/α,β-unsaturated/α-hetero) is 1. The summed E-state index contributed by atoms with van der Waals surface area (Å²) in [4.78, 5) is 11.1. The van der Waals surface area contributed by atoms with E-state index in [1.807, 2.05) is 19.1 Å². The quantitative estimate of drug-likeness (QED) is 0.362. The molecule has 11 heavy (non-hydrogen) atoms. The molecule has 0 aromatic rings. The van der Waals surface area contributed by atoms with Crippen LogP contribution >= 0.6 is 11.6 Å². The van der Waals surface area contributed by atoms with E-state index >= 15 is 0 Å². The number of rotatable bonds is 4. The van der Waals surface area contributed by atoms with Crippen molar-refractivity contribution in [1.82, 2.24) is 0 Å². The molecule has 0 fully saturated rings. The molecule has 62 valence electrons. The van der Waals surface area contributed by atoms with Crippen molar-refractivity contribution >= 4 is 17.4 Å². The van der Waals surface area contributed by atoms with E-state index in [4.69, 9.17) is 11.6 Å². The van der Waals surface area contributed by atoms with Gasteiger partial charge in [-0.2, -0.15) is 0 Å². The molecule has 0 aromatic heterocycles. The van der Waals surface area contributed by atoms with Gasteiger partial charge in [0.2, 0.25) is 0 Å². The van der Waals surface area contributed by atoms with Crippen LogP contribution in [0.25, 0.3) is 0 Å². The van der Waals surface area contributed by atoms with Crippen LogP contribution in [0.15, 0.2) is 23.8 Å². The van der Waals surface area contributed by atoms with Crippen molar-refractivity contribution < 1.29 is 4.79 Å². The molecule has 0 spiro atoms. The maximum atomic E-state index is 11.1. The molecule has 0 aliphatic heterocycles. The fourth-order valence-corrected chi connectivity index (χ4v) is 0.788. The molecular weight excluding hydrogens is 160 g/mol. The second-order valence-corrected chi connectivity index (χ2v) is 2.62. The number of ketones is 1. The van der Waals surface area contributed by atoms with E-state index in [0.29, 0.717) is 12.3 Å². The Labute approximate surface area is 72.7 Å². The fraction of sp³-hybridized carbons (Fsp3) is 0.444. The molecule has 1 nitrogen and oxygen atoms in total. The SMILES string of the molecule is C/C=C\C=C(/C)C(=O)CCCl. The van der Waals surface area contributed by atoms with Crippen molar-refractivity contribution in [2.45, 2.75) is 20.3 Å². The first kappa shape index (κ1) is 10.4. The summed E-state index contributed by atoms with van der Waals surface area (Å²) in [5.41, 5.74) is 0.767. The first-order chi connectivity index (χ1) is 5.22. The number of carbonyl (C=O) groups is 1. The summed E-state index contributed by atoms with van der Waals surface area (Å²) in [6.07, 6.45) is 5.97. The average molecular weight is 173 g/mol. The Morgan fingerprint density at radius 3 is 2.64 bits per heavy atom. The highest BCUT2D eigenvalue weighted by atomic mass is 35.5. The van der Waals surface area contributed by atoms with E-state index < -0.39 is 0 Å². The van der Waals surface area contributed by atoms with Gasteiger partial charge < -0.3 is 0 Å². The summed E-state index contributed by atoms with van der Waals surface area (Å²) in [5.74, 6) is 0.526. The van der Waals surface area contributed by atoms with Gasteiger partial charge in [-0.3, -0.25) is 4.79 Å². The standard InChI is InChI=1S/C9H13ClO/c1-3-4-5-8(2)9(11)6-7-10/h3-5H,6-7H2,1-2H3/b4-3-,8-5+. The highest BCUT2D eigenvalue weighted by molar-refractivity contribution is 6.19. The summed E-state index contributed by atoms with van der Waals surface area (Å²) in [7, 11) is 0. The largest absolute Gasteiger partial charge is 0.295 e. The normalized spacial score (nSPS) is 12.5. The lowest BCUT2D eigenvalue weighted by Crippen LogP contribution is -1.99. The second-order valence-electron chi connectivity index (χ2n) is 2.24. The van der Waals surface area contributed by atoms with Gasteiger partial charge in [0, 0.05) is 12.3 Å². The van der Waals surface area contributed by atoms with Crippen LogP contribution in [-0.4, -0.2) is 11.7 Å². The Hall–Kier alpha value is -0.560. The van der Waals surface area contributed by atoms with Gasteiger partial charge in [-0.1, -0.05) is 18.2 Å². The molecule has 2 heteroatoms. The van der Waals surface area contributed by atoms with Crippen molar-refractivity contribution in [3.05, 3.63) is 23.8 Å². The van der Waals surface area contributed by atoms with Crippen molar-refractivity contribution in [3.8, 4) is 0 Å². The Morgan fingerprint density at radius 1 is 1.55 bits per heavy atom. The van der Waals surface area contributed by atoms with Gasteiger partial charge in [-0.05, 0) is 19.4 Å². The van der Waals surface area contributed by atoms with E-state index in [2.05, 4.69) is 0 Å². The molecule has 0 aromatic carbocycles. The minimum atomic E-state index is 0.123. The zero-order chi connectivity index (χ0) is 8.69. The van der Waals surface area contributed by atoms with Crippen LogP contribution in [0.1, 0.15) is 20.3 Å². The highest BCUT2D eigenvalue weighted by Gasteiger charge is 2.00. The molecule has 0 aliphatic rings. The van der Waals surface area contributed by atoms with E-state index in [1.165, 1.54) is 0 Å². The Morgan fingerprint density at radius 2 is 2.18 bits per heavy atom. The summed E-state index contributed by atoms with van der Waals surface area (Å²) in [6, 6.07) is 0. The summed E-state index contributed by atoms with van der Waals surface area (Å²) >= 11 is 5.41. The molecule has 0 saturated heterocycles. The molecule has 0 atom stereocenters. The van der Waals surface area contributed by atoms with E-state index in [0.717, 1.165) is 5.57 Å². The van der Waals surface area contributed by atoms with Crippen molar-refractivity contribution in [2.75, 3.05) is 5.88 Å². The van der Waals surface area contributed by atoms with Gasteiger partial charge in [0.25, 0.3) is 0 Å². The number of hydrogen-bond acceptors (Lipinski definition) is 1. The number of carbonyl (C=O) groups excluding carboxylic acids is 1. The zero-order valence-corrected chi connectivity index (χ0v) is 7.69. The van der Waals surface area contributed by atoms with Crippen LogP contribution in [-0.2, 0) is 4.79 Å². The summed E-state index contributed by atoms with van der Waals surface area (Å²) in [5, 5.41) is 0. The third kappa shape index (κ3) is 4.79. The lowest BCUT2D eigenvalue weighted by atomic mass is 10.1. The zero-order valence-electron chi connectivity index (χ0n) is 6.93. The van der Waals surface area contributed by atoms with E-state index in [1.54, 1.807) is 13.0 Å². The molecule has 0 aliphatic carbocycles. The maximum absolute atomic E-state index is 11.1. The predicted octanol–water partition coefficient (Wildman–Crippen LogP) is 2.71. The molecule has 0 amide bonds. The van der Waals surface area contributed by atoms with Gasteiger partial charge in [0.05, 0.1) is 0 Å². The molecular formula is C9H13ClO. The minimum Gasteiger partial charge on any atom is -0.295 e. The summed E-state index contributed by atoms with van der Waals surface area (Å²) < 4.78 is 0. The molecule has 0 bridgehead atoms. The van der Waals surface area contributed by atoms with Gasteiger partial charge in [0.1, 0.15) is 0 Å². The topological polar surface area (TPSA) is 17.1 Å². The first-order valence-electron chi connectivity index (χ1n) is 3.61. The third-order valence-corrected chi connectivity index (χ3v) is 1.49. The van der Waals surface area contributed by atoms with Crippen LogP contribution < -0.4 is 0 Å². The van der Waals surface area contributed by atoms with Gasteiger partial charge in [0.15, 0.2) is 5.78 Å². The van der Waals surface area contributed by atoms with Crippen molar-refractivity contribution in [1.29, 1.82) is 0 Å². The number of hydrogen-bond donors (Lipinski definition) is 0. The third-order valence-electron chi connectivity index (χ3n) is 1.30. The smallest absolute Gasteiger partial charge is 0.159 e. The molecule has 0 saturated carbocycles. The monoisotopic (exact) mass is 172 g/mol. The molecule has 0 unspecified atom stereocenters. The first-order valence-corrected chi connectivity index (χ1v) is 4.14. The Kier molecular flexibility index (Phi) is 5.86. The van der Waals surface area contributed by atoms with Gasteiger partial charge in [-0.25, -0.2) is 0 Å².